The molecule has 1 N–H and O–H groups in total. The second-order valence-electron chi connectivity index (χ2n) is 6.01. The molecule has 4 heteroatoms. The summed E-state index contributed by atoms with van der Waals surface area (Å²) in [5, 5.41) is 5.25. The highest BCUT2D eigenvalue weighted by Crippen LogP contribution is 2.23. The molecule has 3 rings (SSSR count). The third-order valence-electron chi connectivity index (χ3n) is 4.28. The van der Waals surface area contributed by atoms with Crippen LogP contribution >= 0.6 is 0 Å². The third kappa shape index (κ3) is 4.64. The summed E-state index contributed by atoms with van der Waals surface area (Å²) in [5.74, 6) is 0.0378. The number of benzene rings is 2. The number of rotatable bonds is 7. The van der Waals surface area contributed by atoms with E-state index in [4.69, 9.17) is 0 Å². The van der Waals surface area contributed by atoms with Gasteiger partial charge in [-0.25, -0.2) is 0 Å². The number of carbonyl (C=O) groups excluding carboxylic acids is 1. The summed E-state index contributed by atoms with van der Waals surface area (Å²) >= 11 is 0. The van der Waals surface area contributed by atoms with E-state index in [1.54, 1.807) is 6.20 Å². The Kier molecular flexibility index (Phi) is 5.75. The van der Waals surface area contributed by atoms with Crippen molar-refractivity contribution in [1.29, 1.82) is 0 Å². The van der Waals surface area contributed by atoms with Gasteiger partial charge in [0.05, 0.1) is 5.69 Å². The number of fused-ring (bicyclic) bond motifs is 1. The zero-order chi connectivity index (χ0) is 17.5. The second-order valence-corrected chi connectivity index (χ2v) is 6.01. The van der Waals surface area contributed by atoms with Gasteiger partial charge in [0.2, 0.25) is 5.91 Å². The largest absolute Gasteiger partial charge is 0.325 e. The minimum atomic E-state index is 0.0378. The fourth-order valence-electron chi connectivity index (χ4n) is 2.88. The van der Waals surface area contributed by atoms with Crippen LogP contribution in [0.1, 0.15) is 19.0 Å². The summed E-state index contributed by atoms with van der Waals surface area (Å²) in [5.41, 5.74) is 1.90. The maximum Gasteiger partial charge on any atom is 0.225 e. The molecule has 0 unspecified atom stereocenters. The average molecular weight is 333 g/mol. The Morgan fingerprint density at radius 2 is 1.84 bits per heavy atom. The van der Waals surface area contributed by atoms with Gasteiger partial charge >= 0.3 is 0 Å². The third-order valence-corrected chi connectivity index (χ3v) is 4.28. The predicted molar refractivity (Wildman–Crippen MR) is 102 cm³/mol. The van der Waals surface area contributed by atoms with Crippen LogP contribution in [0.25, 0.3) is 10.8 Å². The number of carbonyl (C=O) groups is 1. The van der Waals surface area contributed by atoms with E-state index in [1.165, 1.54) is 0 Å². The molecular weight excluding hydrogens is 310 g/mol. The molecule has 3 aromatic rings. The van der Waals surface area contributed by atoms with Gasteiger partial charge in [-0.3, -0.25) is 14.7 Å². The monoisotopic (exact) mass is 333 g/mol. The van der Waals surface area contributed by atoms with E-state index in [2.05, 4.69) is 34.3 Å². The van der Waals surface area contributed by atoms with E-state index >= 15 is 0 Å². The molecule has 0 spiro atoms. The normalized spacial score (nSPS) is 11.0. The van der Waals surface area contributed by atoms with E-state index in [1.807, 2.05) is 48.5 Å². The van der Waals surface area contributed by atoms with Crippen molar-refractivity contribution in [3.05, 3.63) is 72.6 Å². The van der Waals surface area contributed by atoms with Crippen LogP contribution < -0.4 is 5.32 Å². The molecule has 0 radical (unpaired) electrons. The van der Waals surface area contributed by atoms with Gasteiger partial charge in [0.15, 0.2) is 0 Å². The lowest BCUT2D eigenvalue weighted by atomic mass is 10.1. The van der Waals surface area contributed by atoms with Crippen molar-refractivity contribution in [1.82, 2.24) is 9.88 Å². The Labute approximate surface area is 148 Å². The maximum absolute atomic E-state index is 12.4. The number of anilines is 1. The molecule has 0 fully saturated rings. The zero-order valence-electron chi connectivity index (χ0n) is 14.5. The number of nitrogens with one attached hydrogen (secondary N) is 1. The first-order valence-corrected chi connectivity index (χ1v) is 8.66. The van der Waals surface area contributed by atoms with E-state index in [0.717, 1.165) is 35.2 Å². The Balaban J connectivity index is 1.58. The summed E-state index contributed by atoms with van der Waals surface area (Å²) < 4.78 is 0. The van der Waals surface area contributed by atoms with Crippen LogP contribution in [0.3, 0.4) is 0 Å². The van der Waals surface area contributed by atoms with Crippen molar-refractivity contribution < 1.29 is 4.79 Å². The summed E-state index contributed by atoms with van der Waals surface area (Å²) in [7, 11) is 0. The van der Waals surface area contributed by atoms with Gasteiger partial charge in [-0.2, -0.15) is 0 Å². The number of aromatic nitrogens is 1. The molecule has 0 saturated carbocycles. The zero-order valence-corrected chi connectivity index (χ0v) is 14.5. The van der Waals surface area contributed by atoms with Crippen molar-refractivity contribution in [2.75, 3.05) is 18.4 Å². The number of hydrogen-bond donors (Lipinski definition) is 1. The lowest BCUT2D eigenvalue weighted by Crippen LogP contribution is -2.27. The molecule has 0 saturated heterocycles. The summed E-state index contributed by atoms with van der Waals surface area (Å²) in [6.45, 7) is 4.46. The first kappa shape index (κ1) is 17.1. The highest BCUT2D eigenvalue weighted by molar-refractivity contribution is 6.02. The first-order valence-electron chi connectivity index (χ1n) is 8.66. The topological polar surface area (TPSA) is 45.2 Å². The highest BCUT2D eigenvalue weighted by Gasteiger charge is 2.09. The minimum absolute atomic E-state index is 0.0378. The van der Waals surface area contributed by atoms with Crippen molar-refractivity contribution in [2.24, 2.45) is 0 Å². The molecule has 0 aliphatic heterocycles. The molecule has 4 nitrogen and oxygen atoms in total. The molecule has 128 valence electrons. The van der Waals surface area contributed by atoms with Crippen LogP contribution in [0.2, 0.25) is 0 Å². The Bertz CT molecular complexity index is 827. The van der Waals surface area contributed by atoms with Gasteiger partial charge in [0, 0.05) is 36.8 Å². The lowest BCUT2D eigenvalue weighted by molar-refractivity contribution is -0.116. The smallest absolute Gasteiger partial charge is 0.225 e. The fraction of sp³-hybridized carbons (Fsp3) is 0.238. The van der Waals surface area contributed by atoms with Gasteiger partial charge in [-0.15, -0.1) is 0 Å². The van der Waals surface area contributed by atoms with Crippen LogP contribution in [0.15, 0.2) is 66.9 Å². The van der Waals surface area contributed by atoms with Crippen LogP contribution in [0.5, 0.6) is 0 Å². The molecule has 1 amide bonds. The standard InChI is InChI=1S/C21H23N3O/c1-2-24(16-18-10-5-6-14-22-18)15-13-21(25)23-20-12-7-9-17-8-3-4-11-19(17)20/h3-12,14H,2,13,15-16H2,1H3,(H,23,25). The van der Waals surface area contributed by atoms with Gasteiger partial charge in [0.1, 0.15) is 0 Å². The summed E-state index contributed by atoms with van der Waals surface area (Å²) in [6, 6.07) is 20.0. The van der Waals surface area contributed by atoms with E-state index in [9.17, 15) is 4.79 Å². The van der Waals surface area contributed by atoms with E-state index < -0.39 is 0 Å². The molecule has 2 aromatic carbocycles. The molecule has 0 aliphatic carbocycles. The molecule has 0 aliphatic rings. The van der Waals surface area contributed by atoms with Gasteiger partial charge in [0.25, 0.3) is 0 Å². The molecular formula is C21H23N3O. The summed E-state index contributed by atoms with van der Waals surface area (Å²) in [4.78, 5) is 19.0. The van der Waals surface area contributed by atoms with Crippen LogP contribution in [-0.4, -0.2) is 28.9 Å². The predicted octanol–water partition coefficient (Wildman–Crippen LogP) is 4.09. The number of amides is 1. The second kappa shape index (κ2) is 8.40. The average Bonchev–Trinajstić information content (AvgIpc) is 2.66. The quantitative estimate of drug-likeness (QED) is 0.708. The molecule has 25 heavy (non-hydrogen) atoms. The SMILES string of the molecule is CCN(CCC(=O)Nc1cccc2ccccc12)Cc1ccccn1. The number of hydrogen-bond acceptors (Lipinski definition) is 3. The first-order chi connectivity index (χ1) is 12.3. The van der Waals surface area contributed by atoms with Crippen molar-refractivity contribution in [2.45, 2.75) is 19.9 Å². The van der Waals surface area contributed by atoms with Crippen LogP contribution in [0, 0.1) is 0 Å². The van der Waals surface area contributed by atoms with Gasteiger partial charge in [-0.05, 0) is 30.1 Å². The minimum Gasteiger partial charge on any atom is -0.325 e. The molecule has 0 bridgehead atoms. The van der Waals surface area contributed by atoms with Gasteiger partial charge in [-0.1, -0.05) is 49.4 Å². The van der Waals surface area contributed by atoms with Crippen LogP contribution in [-0.2, 0) is 11.3 Å². The Morgan fingerprint density at radius 1 is 1.04 bits per heavy atom. The Morgan fingerprint density at radius 3 is 2.64 bits per heavy atom. The van der Waals surface area contributed by atoms with Crippen LogP contribution in [0.4, 0.5) is 5.69 Å². The number of pyridine rings is 1. The molecule has 0 atom stereocenters. The molecule has 1 aromatic heterocycles. The van der Waals surface area contributed by atoms with E-state index in [-0.39, 0.29) is 5.91 Å². The Hall–Kier alpha value is -2.72. The van der Waals surface area contributed by atoms with E-state index in [0.29, 0.717) is 13.0 Å². The van der Waals surface area contributed by atoms with Crippen molar-refractivity contribution in [3.8, 4) is 0 Å². The van der Waals surface area contributed by atoms with Crippen molar-refractivity contribution in [3.63, 3.8) is 0 Å². The lowest BCUT2D eigenvalue weighted by Gasteiger charge is -2.19. The number of nitrogens with zero attached hydrogens (tertiary/aromatic N) is 2. The highest BCUT2D eigenvalue weighted by atomic mass is 16.1. The maximum atomic E-state index is 12.4. The van der Waals surface area contributed by atoms with Gasteiger partial charge < -0.3 is 5.32 Å². The van der Waals surface area contributed by atoms with Crippen molar-refractivity contribution >= 4 is 22.4 Å². The fourth-order valence-corrected chi connectivity index (χ4v) is 2.88. The summed E-state index contributed by atoms with van der Waals surface area (Å²) in [6.07, 6.45) is 2.26. The molecule has 1 heterocycles.